The van der Waals surface area contributed by atoms with Gasteiger partial charge in [-0.2, -0.15) is 5.26 Å². The third-order valence-corrected chi connectivity index (χ3v) is 8.75. The number of nitriles is 1. The van der Waals surface area contributed by atoms with E-state index in [1.165, 1.54) is 6.20 Å². The Morgan fingerprint density at radius 3 is 2.32 bits per heavy atom. The second kappa shape index (κ2) is 18.3. The smallest absolute Gasteiger partial charge is 0.308 e. The molecular formula is C34H49N3O7. The molecule has 1 amide bonds. The van der Waals surface area contributed by atoms with E-state index >= 15 is 0 Å². The number of hydrogen-bond acceptors (Lipinski definition) is 8. The minimum Gasteiger partial charge on any atom is -0.481 e. The number of nitrogens with two attached hydrogens (primary N) is 1. The zero-order valence-corrected chi connectivity index (χ0v) is 26.3. The number of aliphatic hydroxyl groups is 2. The van der Waals surface area contributed by atoms with Crippen LogP contribution in [-0.2, 0) is 14.3 Å². The van der Waals surface area contributed by atoms with Crippen molar-refractivity contribution in [3.63, 3.8) is 0 Å². The summed E-state index contributed by atoms with van der Waals surface area (Å²) in [6.07, 6.45) is 10.3. The summed E-state index contributed by atoms with van der Waals surface area (Å²) in [5.74, 6) is -2.21. The van der Waals surface area contributed by atoms with E-state index in [0.717, 1.165) is 25.7 Å². The van der Waals surface area contributed by atoms with Gasteiger partial charge in [0.25, 0.3) is 0 Å². The molecular weight excluding hydrogens is 562 g/mol. The van der Waals surface area contributed by atoms with E-state index in [9.17, 15) is 35.0 Å². The number of amides is 1. The standard InChI is InChI=1S/C28H43NO6.C6H6N2O/c1-17-12-18(2)14-20(4)27(32)21(16-29)8-5-6-11-25(22-9-7-10-23(22)28(33)34)35-26(31)15-24(30)19(3)13-17;7-6(9)5-2-1-3-8-4-5/h5-6,8,17-20,22-25,27,30,32H,7,9-15H2,1-4H3,(H,33,34);1-4H,(H2,7,9)/b6-5+,21-8-;. The molecule has 1 aliphatic carbocycles. The van der Waals surface area contributed by atoms with Crippen LogP contribution in [0.5, 0.6) is 0 Å². The SMILES string of the molecule is CC1CC(C)CC(C)C(O)/C(C#N)=C\C=C\CC(C2CCCC2C(=O)O)OC(=O)CC(O)C(C)C1.NC(=O)c1cccnc1. The van der Waals surface area contributed by atoms with E-state index < -0.39 is 42.1 Å². The number of carboxylic acids is 1. The topological polar surface area (TPSA) is 184 Å². The van der Waals surface area contributed by atoms with E-state index in [2.05, 4.69) is 24.9 Å². The summed E-state index contributed by atoms with van der Waals surface area (Å²) >= 11 is 0. The molecule has 0 bridgehead atoms. The van der Waals surface area contributed by atoms with Crippen LogP contribution in [-0.4, -0.2) is 56.5 Å². The zero-order chi connectivity index (χ0) is 32.8. The molecule has 3 rings (SSSR count). The predicted molar refractivity (Wildman–Crippen MR) is 166 cm³/mol. The van der Waals surface area contributed by atoms with E-state index in [1.807, 2.05) is 13.8 Å². The van der Waals surface area contributed by atoms with Crippen molar-refractivity contribution in [2.45, 2.75) is 97.4 Å². The van der Waals surface area contributed by atoms with Crippen LogP contribution < -0.4 is 5.73 Å². The lowest BCUT2D eigenvalue weighted by molar-refractivity contribution is -0.159. The Hall–Kier alpha value is -3.55. The summed E-state index contributed by atoms with van der Waals surface area (Å²) in [4.78, 5) is 38.6. The molecule has 44 heavy (non-hydrogen) atoms. The number of carboxylic acid groups (broad SMARTS) is 1. The maximum Gasteiger partial charge on any atom is 0.308 e. The first-order valence-electron chi connectivity index (χ1n) is 15.6. The maximum absolute atomic E-state index is 12.7. The Morgan fingerprint density at radius 1 is 1.07 bits per heavy atom. The number of nitrogens with zero attached hydrogens (tertiary/aromatic N) is 2. The van der Waals surface area contributed by atoms with Gasteiger partial charge in [0.1, 0.15) is 6.10 Å². The van der Waals surface area contributed by atoms with Gasteiger partial charge in [0, 0.05) is 24.7 Å². The zero-order valence-electron chi connectivity index (χ0n) is 26.3. The number of primary amides is 1. The number of cyclic esters (lactones) is 1. The lowest BCUT2D eigenvalue weighted by atomic mass is 9.82. The van der Waals surface area contributed by atoms with E-state index in [-0.39, 0.29) is 29.7 Å². The summed E-state index contributed by atoms with van der Waals surface area (Å²) in [5, 5.41) is 40.6. The third-order valence-electron chi connectivity index (χ3n) is 8.75. The molecule has 1 aliphatic heterocycles. The van der Waals surface area contributed by atoms with Crippen molar-refractivity contribution in [3.8, 4) is 6.07 Å². The molecule has 9 unspecified atom stereocenters. The van der Waals surface area contributed by atoms with Gasteiger partial charge in [-0.3, -0.25) is 19.4 Å². The third kappa shape index (κ3) is 11.9. The summed E-state index contributed by atoms with van der Waals surface area (Å²) in [5.41, 5.74) is 5.66. The second-order valence-corrected chi connectivity index (χ2v) is 12.7. The van der Waals surface area contributed by atoms with Crippen LogP contribution in [0, 0.1) is 46.8 Å². The van der Waals surface area contributed by atoms with Crippen LogP contribution in [0.15, 0.2) is 48.3 Å². The summed E-state index contributed by atoms with van der Waals surface area (Å²) in [6, 6.07) is 5.39. The van der Waals surface area contributed by atoms with Crippen molar-refractivity contribution in [2.24, 2.45) is 41.2 Å². The fourth-order valence-electron chi connectivity index (χ4n) is 6.48. The van der Waals surface area contributed by atoms with Crippen molar-refractivity contribution in [1.82, 2.24) is 4.98 Å². The van der Waals surface area contributed by atoms with Gasteiger partial charge < -0.3 is 25.8 Å². The monoisotopic (exact) mass is 611 g/mol. The highest BCUT2D eigenvalue weighted by atomic mass is 16.5. The number of rotatable bonds is 3. The van der Waals surface area contributed by atoms with Crippen LogP contribution >= 0.6 is 0 Å². The van der Waals surface area contributed by atoms with Crippen molar-refractivity contribution in [3.05, 3.63) is 53.9 Å². The highest BCUT2D eigenvalue weighted by molar-refractivity contribution is 5.92. The molecule has 9 atom stereocenters. The van der Waals surface area contributed by atoms with E-state index in [4.69, 9.17) is 10.5 Å². The first kappa shape index (κ1) is 36.6. The van der Waals surface area contributed by atoms with Gasteiger partial charge in [0.2, 0.25) is 5.91 Å². The molecule has 0 saturated heterocycles. The molecule has 1 fully saturated rings. The summed E-state index contributed by atoms with van der Waals surface area (Å²) in [7, 11) is 0. The lowest BCUT2D eigenvalue weighted by Gasteiger charge is -2.28. The first-order chi connectivity index (χ1) is 20.8. The highest BCUT2D eigenvalue weighted by Gasteiger charge is 2.39. The lowest BCUT2D eigenvalue weighted by Crippen LogP contribution is -2.34. The van der Waals surface area contributed by atoms with Crippen LogP contribution in [0.2, 0.25) is 0 Å². The van der Waals surface area contributed by atoms with Crippen LogP contribution in [0.1, 0.15) is 89.4 Å². The van der Waals surface area contributed by atoms with Crippen molar-refractivity contribution in [1.29, 1.82) is 5.26 Å². The Balaban J connectivity index is 0.000000639. The van der Waals surface area contributed by atoms with Crippen LogP contribution in [0.3, 0.4) is 0 Å². The van der Waals surface area contributed by atoms with Crippen LogP contribution in [0.4, 0.5) is 0 Å². The fourth-order valence-corrected chi connectivity index (χ4v) is 6.48. The number of ether oxygens (including phenoxy) is 1. The molecule has 5 N–H and O–H groups in total. The Labute approximate surface area is 261 Å². The number of carbonyl (C=O) groups is 3. The van der Waals surface area contributed by atoms with Gasteiger partial charge in [0.15, 0.2) is 0 Å². The molecule has 1 aromatic rings. The molecule has 10 heteroatoms. The molecule has 0 aromatic carbocycles. The number of allylic oxidation sites excluding steroid dienone is 2. The average molecular weight is 612 g/mol. The van der Waals surface area contributed by atoms with Gasteiger partial charge in [-0.25, -0.2) is 0 Å². The first-order valence-corrected chi connectivity index (χ1v) is 15.6. The number of aromatic nitrogens is 1. The van der Waals surface area contributed by atoms with Gasteiger partial charge >= 0.3 is 11.9 Å². The Kier molecular flexibility index (Phi) is 15.2. The Morgan fingerprint density at radius 2 is 1.75 bits per heavy atom. The minimum absolute atomic E-state index is 0.0816. The predicted octanol–water partition coefficient (Wildman–Crippen LogP) is 4.82. The van der Waals surface area contributed by atoms with Gasteiger partial charge in [0.05, 0.1) is 41.8 Å². The minimum atomic E-state index is -0.882. The number of carbonyl (C=O) groups excluding carboxylic acids is 2. The average Bonchev–Trinajstić information content (AvgIpc) is 3.47. The number of esters is 1. The molecule has 1 saturated carbocycles. The number of aliphatic hydroxyl groups excluding tert-OH is 2. The fraction of sp³-hybridized carbons (Fsp3) is 0.618. The second-order valence-electron chi connectivity index (χ2n) is 12.7. The maximum atomic E-state index is 12.7. The van der Waals surface area contributed by atoms with Gasteiger partial charge in [-0.05, 0) is 74.0 Å². The van der Waals surface area contributed by atoms with Crippen molar-refractivity contribution in [2.75, 3.05) is 0 Å². The molecule has 2 heterocycles. The van der Waals surface area contributed by atoms with E-state index in [1.54, 1.807) is 36.6 Å². The molecule has 0 radical (unpaired) electrons. The Bertz CT molecular complexity index is 1180. The normalized spacial score (nSPS) is 34.3. The quantitative estimate of drug-likeness (QED) is 0.348. The van der Waals surface area contributed by atoms with Crippen molar-refractivity contribution < 1.29 is 34.4 Å². The number of hydrogen-bond donors (Lipinski definition) is 4. The van der Waals surface area contributed by atoms with Gasteiger partial charge in [-0.1, -0.05) is 46.3 Å². The number of aliphatic carboxylic acids is 1. The highest BCUT2D eigenvalue weighted by Crippen LogP contribution is 2.37. The summed E-state index contributed by atoms with van der Waals surface area (Å²) in [6.45, 7) is 8.16. The molecule has 242 valence electrons. The van der Waals surface area contributed by atoms with E-state index in [0.29, 0.717) is 36.7 Å². The molecule has 10 nitrogen and oxygen atoms in total. The van der Waals surface area contributed by atoms with Crippen LogP contribution in [0.25, 0.3) is 0 Å². The summed E-state index contributed by atoms with van der Waals surface area (Å²) < 4.78 is 5.77. The molecule has 2 aliphatic rings. The van der Waals surface area contributed by atoms with Crippen molar-refractivity contribution >= 4 is 17.8 Å². The number of pyridine rings is 1. The largest absolute Gasteiger partial charge is 0.481 e. The molecule has 0 spiro atoms. The molecule has 1 aromatic heterocycles. The van der Waals surface area contributed by atoms with Gasteiger partial charge in [-0.15, -0.1) is 0 Å².